The summed E-state index contributed by atoms with van der Waals surface area (Å²) in [5.41, 5.74) is 4.38. The van der Waals surface area contributed by atoms with Crippen molar-refractivity contribution in [1.82, 2.24) is 0 Å². The first-order chi connectivity index (χ1) is 9.90. The Balaban J connectivity index is 2.15. The fourth-order valence-electron chi connectivity index (χ4n) is 2.45. The molecule has 0 aromatic heterocycles. The molecule has 0 saturated heterocycles. The Morgan fingerprint density at radius 2 is 1.67 bits per heavy atom. The number of hydrogen-bond donors (Lipinski definition) is 0. The Morgan fingerprint density at radius 1 is 1.00 bits per heavy atom. The largest absolute Gasteiger partial charge is 0.0921 e. The van der Waals surface area contributed by atoms with E-state index in [1.807, 2.05) is 0 Å². The molecule has 112 valence electrons. The first-order valence-corrected chi connectivity index (χ1v) is 9.22. The molecule has 0 fully saturated rings. The molecular formula is C19H22Br2. The van der Waals surface area contributed by atoms with Crippen molar-refractivity contribution in [2.75, 3.05) is 5.33 Å². The van der Waals surface area contributed by atoms with Gasteiger partial charge >= 0.3 is 0 Å². The minimum absolute atomic E-state index is 0.220. The van der Waals surface area contributed by atoms with Crippen LogP contribution < -0.4 is 0 Å². The normalized spacial score (nSPS) is 13.2. The van der Waals surface area contributed by atoms with Crippen molar-refractivity contribution in [2.45, 2.75) is 38.5 Å². The minimum atomic E-state index is 0.220. The molecule has 0 nitrogen and oxygen atoms in total. The lowest BCUT2D eigenvalue weighted by atomic mass is 9.85. The molecule has 0 aliphatic rings. The first-order valence-electron chi connectivity index (χ1n) is 7.31. The van der Waals surface area contributed by atoms with E-state index in [0.717, 1.165) is 16.2 Å². The van der Waals surface area contributed by atoms with Gasteiger partial charge in [0.1, 0.15) is 0 Å². The minimum Gasteiger partial charge on any atom is -0.0921 e. The van der Waals surface area contributed by atoms with Gasteiger partial charge < -0.3 is 0 Å². The van der Waals surface area contributed by atoms with Crippen LogP contribution in [0.25, 0.3) is 0 Å². The fourth-order valence-corrected chi connectivity index (χ4v) is 3.47. The van der Waals surface area contributed by atoms with Crippen molar-refractivity contribution >= 4 is 31.9 Å². The maximum atomic E-state index is 3.67. The molecule has 1 unspecified atom stereocenters. The van der Waals surface area contributed by atoms with Gasteiger partial charge in [-0.25, -0.2) is 0 Å². The van der Waals surface area contributed by atoms with Crippen molar-refractivity contribution in [3.8, 4) is 0 Å². The zero-order chi connectivity index (χ0) is 15.5. The van der Waals surface area contributed by atoms with Gasteiger partial charge in [-0.2, -0.15) is 0 Å². The maximum Gasteiger partial charge on any atom is 0.0178 e. The zero-order valence-electron chi connectivity index (χ0n) is 12.9. The average Bonchev–Trinajstić information content (AvgIpc) is 2.44. The summed E-state index contributed by atoms with van der Waals surface area (Å²) < 4.78 is 1.15. The summed E-state index contributed by atoms with van der Waals surface area (Å²) >= 11 is 7.23. The smallest absolute Gasteiger partial charge is 0.0178 e. The number of benzene rings is 2. The molecule has 0 heterocycles. The van der Waals surface area contributed by atoms with Crippen LogP contribution in [0.2, 0.25) is 0 Å². The number of alkyl halides is 1. The van der Waals surface area contributed by atoms with E-state index in [1.165, 1.54) is 16.7 Å². The lowest BCUT2D eigenvalue weighted by molar-refractivity contribution is 0.590. The predicted octanol–water partition coefficient (Wildman–Crippen LogP) is 6.47. The van der Waals surface area contributed by atoms with Crippen molar-refractivity contribution < 1.29 is 0 Å². The Bertz CT molecular complexity index is 579. The second-order valence-corrected chi connectivity index (χ2v) is 8.12. The third-order valence-corrected chi connectivity index (χ3v) is 5.08. The van der Waals surface area contributed by atoms with Crippen LogP contribution in [-0.4, -0.2) is 5.33 Å². The number of halogens is 2. The monoisotopic (exact) mass is 408 g/mol. The van der Waals surface area contributed by atoms with E-state index in [0.29, 0.717) is 5.92 Å². The van der Waals surface area contributed by atoms with E-state index in [1.54, 1.807) is 0 Å². The van der Waals surface area contributed by atoms with Crippen LogP contribution in [0, 0.1) is 0 Å². The van der Waals surface area contributed by atoms with Crippen LogP contribution in [0.4, 0.5) is 0 Å². The van der Waals surface area contributed by atoms with Crippen LogP contribution >= 0.6 is 31.9 Å². The Kier molecular flexibility index (Phi) is 5.67. The summed E-state index contributed by atoms with van der Waals surface area (Å²) in [4.78, 5) is 0. The topological polar surface area (TPSA) is 0 Å². The summed E-state index contributed by atoms with van der Waals surface area (Å²) in [5, 5.41) is 0.977. The standard InChI is InChI=1S/C19H22Br2/c1-19(2,3)17-9-7-14(8-10-17)11-16(13-20)15-5-4-6-18(21)12-15/h4-10,12,16H,11,13H2,1-3H3. The molecule has 21 heavy (non-hydrogen) atoms. The van der Waals surface area contributed by atoms with Crippen LogP contribution in [0.15, 0.2) is 53.0 Å². The highest BCUT2D eigenvalue weighted by Crippen LogP contribution is 2.27. The van der Waals surface area contributed by atoms with Gasteiger partial charge in [0.15, 0.2) is 0 Å². The van der Waals surface area contributed by atoms with Crippen LogP contribution in [0.3, 0.4) is 0 Å². The highest BCUT2D eigenvalue weighted by molar-refractivity contribution is 9.10. The van der Waals surface area contributed by atoms with Crippen LogP contribution in [0.5, 0.6) is 0 Å². The molecule has 2 aromatic rings. The van der Waals surface area contributed by atoms with Gasteiger partial charge in [0.25, 0.3) is 0 Å². The second-order valence-electron chi connectivity index (χ2n) is 6.56. The molecule has 0 saturated carbocycles. The lowest BCUT2D eigenvalue weighted by Gasteiger charge is -2.20. The summed E-state index contributed by atoms with van der Waals surface area (Å²) in [7, 11) is 0. The summed E-state index contributed by atoms with van der Waals surface area (Å²) in [6, 6.07) is 17.7. The maximum absolute atomic E-state index is 3.67. The molecule has 2 heteroatoms. The summed E-state index contributed by atoms with van der Waals surface area (Å²) in [6.45, 7) is 6.76. The molecule has 0 amide bonds. The fraction of sp³-hybridized carbons (Fsp3) is 0.368. The van der Waals surface area contributed by atoms with Crippen molar-refractivity contribution in [2.24, 2.45) is 0 Å². The molecule has 0 aliphatic carbocycles. The van der Waals surface area contributed by atoms with E-state index >= 15 is 0 Å². The van der Waals surface area contributed by atoms with Gasteiger partial charge in [-0.05, 0) is 46.6 Å². The second kappa shape index (κ2) is 7.11. The molecule has 2 aromatic carbocycles. The van der Waals surface area contributed by atoms with E-state index < -0.39 is 0 Å². The number of hydrogen-bond acceptors (Lipinski definition) is 0. The molecule has 1 atom stereocenters. The van der Waals surface area contributed by atoms with E-state index in [9.17, 15) is 0 Å². The Morgan fingerprint density at radius 3 is 2.19 bits per heavy atom. The molecule has 2 rings (SSSR count). The van der Waals surface area contributed by atoms with Gasteiger partial charge in [-0.3, -0.25) is 0 Å². The molecule has 0 spiro atoms. The number of rotatable bonds is 4. The van der Waals surface area contributed by atoms with Gasteiger partial charge in [0.2, 0.25) is 0 Å². The lowest BCUT2D eigenvalue weighted by Crippen LogP contribution is -2.11. The molecule has 0 aliphatic heterocycles. The molecule has 0 radical (unpaired) electrons. The van der Waals surface area contributed by atoms with Crippen molar-refractivity contribution in [1.29, 1.82) is 0 Å². The SMILES string of the molecule is CC(C)(C)c1ccc(CC(CBr)c2cccc(Br)c2)cc1. The quantitative estimate of drug-likeness (QED) is 0.507. The van der Waals surface area contributed by atoms with Crippen LogP contribution in [0.1, 0.15) is 43.4 Å². The zero-order valence-corrected chi connectivity index (χ0v) is 16.0. The average molecular weight is 410 g/mol. The van der Waals surface area contributed by atoms with Gasteiger partial charge in [-0.1, -0.05) is 89.0 Å². The van der Waals surface area contributed by atoms with Gasteiger partial charge in [0.05, 0.1) is 0 Å². The van der Waals surface area contributed by atoms with Crippen molar-refractivity contribution in [3.05, 3.63) is 69.7 Å². The van der Waals surface area contributed by atoms with E-state index in [-0.39, 0.29) is 5.41 Å². The van der Waals surface area contributed by atoms with E-state index in [2.05, 4.69) is 101 Å². The predicted molar refractivity (Wildman–Crippen MR) is 99.5 cm³/mol. The molecular weight excluding hydrogens is 388 g/mol. The first kappa shape index (κ1) is 16.8. The van der Waals surface area contributed by atoms with Gasteiger partial charge in [0, 0.05) is 9.80 Å². The molecule has 0 N–H and O–H groups in total. The highest BCUT2D eigenvalue weighted by Gasteiger charge is 2.15. The summed E-state index contributed by atoms with van der Waals surface area (Å²) in [6.07, 6.45) is 1.06. The summed E-state index contributed by atoms with van der Waals surface area (Å²) in [5.74, 6) is 0.503. The Hall–Kier alpha value is -0.600. The van der Waals surface area contributed by atoms with Gasteiger partial charge in [-0.15, -0.1) is 0 Å². The van der Waals surface area contributed by atoms with Crippen LogP contribution in [-0.2, 0) is 11.8 Å². The third-order valence-electron chi connectivity index (χ3n) is 3.81. The van der Waals surface area contributed by atoms with Crippen molar-refractivity contribution in [3.63, 3.8) is 0 Å². The molecule has 0 bridgehead atoms. The highest BCUT2D eigenvalue weighted by atomic mass is 79.9. The Labute approximate surface area is 145 Å². The van der Waals surface area contributed by atoms with E-state index in [4.69, 9.17) is 0 Å². The third kappa shape index (κ3) is 4.69.